The fourth-order valence-electron chi connectivity index (χ4n) is 0.369. The van der Waals surface area contributed by atoms with Gasteiger partial charge in [0.05, 0.1) is 5.56 Å². The van der Waals surface area contributed by atoms with Gasteiger partial charge in [0.15, 0.2) is 4.67 Å². The smallest absolute Gasteiger partial charge is 0.170 e. The van der Waals surface area contributed by atoms with Gasteiger partial charge in [-0.2, -0.15) is 5.26 Å². The van der Waals surface area contributed by atoms with E-state index in [2.05, 4.69) is 15.9 Å². The summed E-state index contributed by atoms with van der Waals surface area (Å²) in [5.41, 5.74) is 0.539. The van der Waals surface area contributed by atoms with E-state index in [0.29, 0.717) is 10.2 Å². The highest BCUT2D eigenvalue weighted by Crippen LogP contribution is 2.12. The molecule has 2 nitrogen and oxygen atoms in total. The quantitative estimate of drug-likeness (QED) is 0.599. The molecule has 0 fully saturated rings. The Morgan fingerprint density at radius 3 is 2.75 bits per heavy atom. The Bertz CT molecular complexity index is 223. The van der Waals surface area contributed by atoms with E-state index in [4.69, 9.17) is 9.68 Å². The number of nitrogens with zero attached hydrogens (tertiary/aromatic N) is 1. The van der Waals surface area contributed by atoms with Gasteiger partial charge in [0.2, 0.25) is 0 Å². The van der Waals surface area contributed by atoms with E-state index in [0.717, 1.165) is 0 Å². The fourth-order valence-corrected chi connectivity index (χ4v) is 0.709. The number of furan rings is 1. The highest BCUT2D eigenvalue weighted by atomic mass is 79.9. The molecule has 0 unspecified atom stereocenters. The molecule has 8 heavy (non-hydrogen) atoms. The normalized spacial score (nSPS) is 8.50. The maximum atomic E-state index is 8.22. The van der Waals surface area contributed by atoms with Crippen molar-refractivity contribution in [2.24, 2.45) is 0 Å². The molecule has 0 amide bonds. The summed E-state index contributed by atoms with van der Waals surface area (Å²) in [6.45, 7) is 0. The Labute approximate surface area is 54.9 Å². The van der Waals surface area contributed by atoms with E-state index in [9.17, 15) is 0 Å². The van der Waals surface area contributed by atoms with Crippen LogP contribution in [0.15, 0.2) is 21.4 Å². The minimum atomic E-state index is 0.539. The van der Waals surface area contributed by atoms with Crippen LogP contribution in [0, 0.1) is 11.3 Å². The zero-order chi connectivity index (χ0) is 5.98. The molecule has 0 radical (unpaired) electrons. The lowest BCUT2D eigenvalue weighted by molar-refractivity contribution is 0.540. The maximum absolute atomic E-state index is 8.22. The molecule has 0 saturated heterocycles. The summed E-state index contributed by atoms with van der Waals surface area (Å²) >= 11 is 3.06. The standard InChI is InChI=1S/C5H2BrNO/c6-5-1-4(2-7)3-8-5/h1,3H. The lowest BCUT2D eigenvalue weighted by Crippen LogP contribution is -1.55. The number of hydrogen-bond donors (Lipinski definition) is 0. The van der Waals surface area contributed by atoms with Gasteiger partial charge in [-0.1, -0.05) is 0 Å². The number of nitriles is 1. The van der Waals surface area contributed by atoms with E-state index in [1.54, 1.807) is 6.07 Å². The van der Waals surface area contributed by atoms with Crippen LogP contribution in [0.1, 0.15) is 5.56 Å². The molecule has 0 atom stereocenters. The average Bonchev–Trinajstić information content (AvgIpc) is 2.14. The molecule has 0 N–H and O–H groups in total. The van der Waals surface area contributed by atoms with Crippen molar-refractivity contribution in [3.63, 3.8) is 0 Å². The van der Waals surface area contributed by atoms with Gasteiger partial charge in [-0.15, -0.1) is 0 Å². The Balaban J connectivity index is 3.05. The molecule has 0 spiro atoms. The summed E-state index contributed by atoms with van der Waals surface area (Å²) in [6, 6.07) is 3.54. The maximum Gasteiger partial charge on any atom is 0.170 e. The molecule has 0 saturated carbocycles. The van der Waals surface area contributed by atoms with Gasteiger partial charge in [0.1, 0.15) is 12.3 Å². The molecule has 1 heterocycles. The summed E-state index contributed by atoms with van der Waals surface area (Å²) in [4.78, 5) is 0. The molecule has 1 aromatic rings. The minimum Gasteiger partial charge on any atom is -0.456 e. The second-order valence-electron chi connectivity index (χ2n) is 1.25. The van der Waals surface area contributed by atoms with Gasteiger partial charge in [-0.05, 0) is 15.9 Å². The first-order valence-corrected chi connectivity index (χ1v) is 2.76. The third kappa shape index (κ3) is 0.903. The third-order valence-electron chi connectivity index (χ3n) is 0.697. The summed E-state index contributed by atoms with van der Waals surface area (Å²) < 4.78 is 5.34. The van der Waals surface area contributed by atoms with Gasteiger partial charge >= 0.3 is 0 Å². The van der Waals surface area contributed by atoms with Crippen LogP contribution >= 0.6 is 15.9 Å². The molecule has 40 valence electrons. The second-order valence-corrected chi connectivity index (χ2v) is 2.03. The van der Waals surface area contributed by atoms with E-state index in [1.807, 2.05) is 6.07 Å². The first kappa shape index (κ1) is 5.39. The van der Waals surface area contributed by atoms with Crippen LogP contribution in [0.3, 0.4) is 0 Å². The van der Waals surface area contributed by atoms with Crippen LogP contribution in [0.25, 0.3) is 0 Å². The Hall–Kier alpha value is -0.750. The van der Waals surface area contributed by atoms with Crippen molar-refractivity contribution < 1.29 is 4.42 Å². The van der Waals surface area contributed by atoms with Gasteiger partial charge in [0, 0.05) is 6.07 Å². The lowest BCUT2D eigenvalue weighted by Gasteiger charge is -1.65. The molecular formula is C5H2BrNO. The Morgan fingerprint density at radius 2 is 2.50 bits per heavy atom. The van der Waals surface area contributed by atoms with Gasteiger partial charge in [0.25, 0.3) is 0 Å². The zero-order valence-electron chi connectivity index (χ0n) is 3.89. The number of halogens is 1. The van der Waals surface area contributed by atoms with Crippen molar-refractivity contribution in [1.82, 2.24) is 0 Å². The molecule has 1 aromatic heterocycles. The predicted molar refractivity (Wildman–Crippen MR) is 31.1 cm³/mol. The largest absolute Gasteiger partial charge is 0.456 e. The van der Waals surface area contributed by atoms with Gasteiger partial charge in [-0.25, -0.2) is 0 Å². The SMILES string of the molecule is N#Cc1coc(Br)c1. The molecule has 0 aliphatic rings. The van der Waals surface area contributed by atoms with Gasteiger partial charge in [-0.3, -0.25) is 0 Å². The van der Waals surface area contributed by atoms with E-state index < -0.39 is 0 Å². The summed E-state index contributed by atoms with van der Waals surface area (Å²) in [7, 11) is 0. The zero-order valence-corrected chi connectivity index (χ0v) is 5.47. The van der Waals surface area contributed by atoms with E-state index in [1.165, 1.54) is 6.26 Å². The number of rotatable bonds is 0. The molecular weight excluding hydrogens is 170 g/mol. The topological polar surface area (TPSA) is 36.9 Å². The Kier molecular flexibility index (Phi) is 1.36. The van der Waals surface area contributed by atoms with Crippen molar-refractivity contribution >= 4 is 15.9 Å². The molecule has 0 bridgehead atoms. The van der Waals surface area contributed by atoms with Crippen molar-refractivity contribution in [3.05, 3.63) is 22.6 Å². The summed E-state index contributed by atoms with van der Waals surface area (Å²) in [6.07, 6.45) is 1.39. The lowest BCUT2D eigenvalue weighted by atomic mass is 10.4. The molecule has 0 aromatic carbocycles. The first-order valence-electron chi connectivity index (χ1n) is 1.97. The van der Waals surface area contributed by atoms with Crippen LogP contribution in [-0.4, -0.2) is 0 Å². The van der Waals surface area contributed by atoms with E-state index in [-0.39, 0.29) is 0 Å². The average molecular weight is 172 g/mol. The van der Waals surface area contributed by atoms with Crippen LogP contribution in [0.4, 0.5) is 0 Å². The van der Waals surface area contributed by atoms with E-state index >= 15 is 0 Å². The third-order valence-corrected chi connectivity index (χ3v) is 1.11. The monoisotopic (exact) mass is 171 g/mol. The van der Waals surface area contributed by atoms with Crippen molar-refractivity contribution in [2.45, 2.75) is 0 Å². The first-order chi connectivity index (χ1) is 3.83. The molecule has 0 aliphatic heterocycles. The van der Waals surface area contributed by atoms with Crippen molar-refractivity contribution in [2.75, 3.05) is 0 Å². The Morgan fingerprint density at radius 1 is 1.75 bits per heavy atom. The van der Waals surface area contributed by atoms with Crippen LogP contribution < -0.4 is 0 Å². The van der Waals surface area contributed by atoms with Crippen LogP contribution in [0.2, 0.25) is 0 Å². The summed E-state index contributed by atoms with van der Waals surface area (Å²) in [5, 5.41) is 8.22. The summed E-state index contributed by atoms with van der Waals surface area (Å²) in [5.74, 6) is 0. The molecule has 3 heteroatoms. The predicted octanol–water partition coefficient (Wildman–Crippen LogP) is 1.91. The number of hydrogen-bond acceptors (Lipinski definition) is 2. The van der Waals surface area contributed by atoms with Crippen molar-refractivity contribution in [3.8, 4) is 6.07 Å². The van der Waals surface area contributed by atoms with Crippen LogP contribution in [0.5, 0.6) is 0 Å². The van der Waals surface area contributed by atoms with Gasteiger partial charge < -0.3 is 4.42 Å². The highest BCUT2D eigenvalue weighted by molar-refractivity contribution is 9.10. The highest BCUT2D eigenvalue weighted by Gasteiger charge is 1.93. The molecule has 1 rings (SSSR count). The van der Waals surface area contributed by atoms with Crippen molar-refractivity contribution in [1.29, 1.82) is 5.26 Å². The minimum absolute atomic E-state index is 0.539. The molecule has 0 aliphatic carbocycles. The fraction of sp³-hybridized carbons (Fsp3) is 0. The van der Waals surface area contributed by atoms with Crippen LogP contribution in [-0.2, 0) is 0 Å². The second kappa shape index (κ2) is 2.01.